The predicted molar refractivity (Wildman–Crippen MR) is 216 cm³/mol. The molecule has 3 aromatic rings. The van der Waals surface area contributed by atoms with E-state index in [4.69, 9.17) is 4.74 Å². The van der Waals surface area contributed by atoms with E-state index in [-0.39, 0.29) is 30.3 Å². The number of carbonyl (C=O) groups is 4. The first kappa shape index (κ1) is 41.8. The van der Waals surface area contributed by atoms with Crippen molar-refractivity contribution < 1.29 is 39.2 Å². The van der Waals surface area contributed by atoms with Gasteiger partial charge in [0.05, 0.1) is 17.8 Å². The van der Waals surface area contributed by atoms with Crippen LogP contribution in [0.2, 0.25) is 0 Å². The molecule has 12 heteroatoms. The Morgan fingerprint density at radius 2 is 0.965 bits per heavy atom. The van der Waals surface area contributed by atoms with Gasteiger partial charge in [-0.05, 0) is 148 Å². The molecule has 3 aliphatic rings. The van der Waals surface area contributed by atoms with Crippen LogP contribution >= 0.6 is 0 Å². The van der Waals surface area contributed by atoms with Gasteiger partial charge in [-0.25, -0.2) is 0 Å². The van der Waals surface area contributed by atoms with Crippen molar-refractivity contribution in [2.45, 2.75) is 51.4 Å². The second kappa shape index (κ2) is 20.6. The molecule has 0 aliphatic carbocycles. The topological polar surface area (TPSA) is 178 Å². The molecule has 12 nitrogen and oxygen atoms in total. The van der Waals surface area contributed by atoms with Gasteiger partial charge < -0.3 is 40.9 Å². The zero-order valence-electron chi connectivity index (χ0n) is 32.7. The van der Waals surface area contributed by atoms with Crippen LogP contribution in [0, 0.1) is 35.5 Å². The number of nitrogens with one attached hydrogen (secondary N) is 3. The number of aliphatic carboxylic acids is 3. The Bertz CT molecular complexity index is 1730. The first-order valence-corrected chi connectivity index (χ1v) is 20.6. The van der Waals surface area contributed by atoms with Gasteiger partial charge >= 0.3 is 17.9 Å². The average molecular weight is 783 g/mol. The molecule has 6 rings (SSSR count). The van der Waals surface area contributed by atoms with E-state index >= 15 is 0 Å². The molecule has 3 heterocycles. The van der Waals surface area contributed by atoms with Crippen LogP contribution in [0.3, 0.4) is 0 Å². The number of rotatable bonds is 21. The molecule has 0 saturated carbocycles. The summed E-state index contributed by atoms with van der Waals surface area (Å²) in [5.41, 5.74) is 4.81. The van der Waals surface area contributed by atoms with Crippen molar-refractivity contribution in [3.63, 3.8) is 0 Å². The first-order chi connectivity index (χ1) is 27.6. The number of carboxylic acid groups (broad SMARTS) is 3. The average Bonchev–Trinajstić information content (AvgIpc) is 4.03. The molecule has 6 atom stereocenters. The normalized spacial score (nSPS) is 20.8. The number of carbonyl (C=O) groups excluding carboxylic acids is 1. The van der Waals surface area contributed by atoms with Crippen LogP contribution < -0.4 is 20.7 Å². The maximum atomic E-state index is 13.9. The summed E-state index contributed by atoms with van der Waals surface area (Å²) in [5, 5.41) is 39.8. The lowest BCUT2D eigenvalue weighted by atomic mass is 9.86. The van der Waals surface area contributed by atoms with Gasteiger partial charge in [-0.1, -0.05) is 60.7 Å². The highest BCUT2D eigenvalue weighted by Crippen LogP contribution is 2.27. The van der Waals surface area contributed by atoms with Crippen LogP contribution in [-0.4, -0.2) is 103 Å². The highest BCUT2D eigenvalue weighted by Gasteiger charge is 2.33. The quantitative estimate of drug-likeness (QED) is 0.0923. The van der Waals surface area contributed by atoms with E-state index in [0.717, 1.165) is 66.7 Å². The van der Waals surface area contributed by atoms with Gasteiger partial charge in [0.1, 0.15) is 5.75 Å². The zero-order valence-corrected chi connectivity index (χ0v) is 32.7. The van der Waals surface area contributed by atoms with Crippen molar-refractivity contribution in [3.05, 3.63) is 101 Å². The van der Waals surface area contributed by atoms with Crippen molar-refractivity contribution in [2.24, 2.45) is 35.5 Å². The van der Waals surface area contributed by atoms with Gasteiger partial charge in [0.2, 0.25) is 0 Å². The first-order valence-electron chi connectivity index (χ1n) is 20.6. The molecule has 3 aliphatic heterocycles. The second-order valence-corrected chi connectivity index (χ2v) is 16.2. The van der Waals surface area contributed by atoms with E-state index in [2.05, 4.69) is 28.1 Å². The van der Waals surface area contributed by atoms with Crippen molar-refractivity contribution in [1.82, 2.24) is 20.9 Å². The van der Waals surface area contributed by atoms with Crippen molar-refractivity contribution >= 4 is 23.8 Å². The van der Waals surface area contributed by atoms with Crippen LogP contribution in [-0.2, 0) is 51.3 Å². The minimum atomic E-state index is -0.808. The van der Waals surface area contributed by atoms with E-state index in [1.165, 1.54) is 0 Å². The summed E-state index contributed by atoms with van der Waals surface area (Å²) in [4.78, 5) is 52.2. The minimum absolute atomic E-state index is 0.0648. The fourth-order valence-electron chi connectivity index (χ4n) is 8.90. The molecule has 0 radical (unpaired) electrons. The lowest BCUT2D eigenvalue weighted by Crippen LogP contribution is -2.38. The van der Waals surface area contributed by atoms with E-state index in [0.29, 0.717) is 70.6 Å². The number of carboxylic acids is 3. The number of amides is 1. The van der Waals surface area contributed by atoms with E-state index in [1.807, 2.05) is 54.6 Å². The molecule has 3 fully saturated rings. The molecular formula is C45H58N4O8. The minimum Gasteiger partial charge on any atom is -0.484 e. The molecule has 3 saturated heterocycles. The molecule has 306 valence electrons. The van der Waals surface area contributed by atoms with Crippen molar-refractivity contribution in [2.75, 3.05) is 59.0 Å². The highest BCUT2D eigenvalue weighted by molar-refractivity contribution is 5.78. The molecule has 0 bridgehead atoms. The summed E-state index contributed by atoms with van der Waals surface area (Å²) in [6.07, 6.45) is 4.95. The molecule has 57 heavy (non-hydrogen) atoms. The Labute approximate surface area is 335 Å². The van der Waals surface area contributed by atoms with Crippen molar-refractivity contribution in [1.29, 1.82) is 0 Å². The van der Waals surface area contributed by atoms with Crippen LogP contribution in [0.1, 0.15) is 47.1 Å². The van der Waals surface area contributed by atoms with Gasteiger partial charge in [-0.15, -0.1) is 0 Å². The maximum Gasteiger partial charge on any atom is 0.307 e. The fourth-order valence-corrected chi connectivity index (χ4v) is 8.90. The third-order valence-electron chi connectivity index (χ3n) is 12.3. The van der Waals surface area contributed by atoms with Gasteiger partial charge in [-0.2, -0.15) is 0 Å². The number of hydrogen-bond acceptors (Lipinski definition) is 8. The summed E-state index contributed by atoms with van der Waals surface area (Å²) in [6.45, 7) is 5.25. The number of ether oxygens (including phenoxy) is 1. The Balaban J connectivity index is 1.13. The Hall–Kier alpha value is -4.78. The monoisotopic (exact) mass is 782 g/mol. The third-order valence-corrected chi connectivity index (χ3v) is 12.3. The SMILES string of the molecule is O=C(O)[C@@H](Cc1cccc(CCN(CCc2cccc(C[C@H](C(=O)O)[C@H]3CCNC3)c2)C(=O)COc2cccc(C[C@H](C(=O)O)[C@H]3CCNC3)c2)c1)[C@H]1CCNC1. The van der Waals surface area contributed by atoms with Gasteiger partial charge in [0.15, 0.2) is 6.61 Å². The smallest absolute Gasteiger partial charge is 0.307 e. The fraction of sp³-hybridized carbons (Fsp3) is 0.511. The van der Waals surface area contributed by atoms with Gasteiger partial charge in [0.25, 0.3) is 5.91 Å². The summed E-state index contributed by atoms with van der Waals surface area (Å²) in [5.74, 6) is -3.22. The zero-order chi connectivity index (χ0) is 40.1. The standard InChI is InChI=1S/C45H58N4O8/c50-42(29-57-38-9-3-8-34(22-38)25-41(45(55)56)37-12-17-48-28-37)49(18-13-30-4-1-6-32(20-30)23-39(43(51)52)35-10-15-46-26-35)19-14-31-5-2-7-33(21-31)24-40(44(53)54)36-11-16-47-27-36/h1-9,20-22,35-37,39-41,46-48H,10-19,23-29H2,(H,51,52)(H,53,54)(H,55,56)/t35-,36-,37-,39-,40-,41-/m0/s1. The van der Waals surface area contributed by atoms with Crippen LogP contribution in [0.25, 0.3) is 0 Å². The van der Waals surface area contributed by atoms with E-state index in [9.17, 15) is 34.5 Å². The lowest BCUT2D eigenvalue weighted by molar-refractivity contribution is -0.144. The molecule has 3 aromatic carbocycles. The summed E-state index contributed by atoms with van der Waals surface area (Å²) >= 11 is 0. The predicted octanol–water partition coefficient (Wildman–Crippen LogP) is 3.94. The van der Waals surface area contributed by atoms with Crippen LogP contribution in [0.5, 0.6) is 5.75 Å². The maximum absolute atomic E-state index is 13.9. The molecule has 0 spiro atoms. The number of nitrogens with zero attached hydrogens (tertiary/aromatic N) is 1. The van der Waals surface area contributed by atoms with Gasteiger partial charge in [0, 0.05) is 13.1 Å². The largest absolute Gasteiger partial charge is 0.484 e. The highest BCUT2D eigenvalue weighted by atomic mass is 16.5. The van der Waals surface area contributed by atoms with E-state index in [1.54, 1.807) is 11.0 Å². The van der Waals surface area contributed by atoms with Gasteiger partial charge in [-0.3, -0.25) is 19.2 Å². The Kier molecular flexibility index (Phi) is 15.1. The van der Waals surface area contributed by atoms with Crippen molar-refractivity contribution in [3.8, 4) is 5.75 Å². The van der Waals surface area contributed by atoms with E-state index < -0.39 is 35.7 Å². The lowest BCUT2D eigenvalue weighted by Gasteiger charge is -2.24. The molecule has 1 amide bonds. The third kappa shape index (κ3) is 12.1. The van der Waals surface area contributed by atoms with Crippen LogP contribution in [0.15, 0.2) is 72.8 Å². The summed E-state index contributed by atoms with van der Waals surface area (Å²) in [7, 11) is 0. The molecule has 0 aromatic heterocycles. The summed E-state index contributed by atoms with van der Waals surface area (Å²) in [6, 6.07) is 23.3. The Morgan fingerprint density at radius 1 is 0.579 bits per heavy atom. The molecule has 6 N–H and O–H groups in total. The second-order valence-electron chi connectivity index (χ2n) is 16.2. The number of hydrogen-bond donors (Lipinski definition) is 6. The molecular weight excluding hydrogens is 725 g/mol. The number of benzene rings is 3. The van der Waals surface area contributed by atoms with Crippen LogP contribution in [0.4, 0.5) is 0 Å². The summed E-state index contributed by atoms with van der Waals surface area (Å²) < 4.78 is 6.06. The molecule has 0 unspecified atom stereocenters. The Morgan fingerprint density at radius 3 is 1.35 bits per heavy atom.